The summed E-state index contributed by atoms with van der Waals surface area (Å²) in [6, 6.07) is 0. The molecular formula is C11H17N3. The summed E-state index contributed by atoms with van der Waals surface area (Å²) in [7, 11) is 0. The summed E-state index contributed by atoms with van der Waals surface area (Å²) < 4.78 is 2.44. The smallest absolute Gasteiger partial charge is 0.0957 e. The van der Waals surface area contributed by atoms with Gasteiger partial charge in [0, 0.05) is 30.7 Å². The second kappa shape index (κ2) is 2.83. The molecule has 76 valence electrons. The van der Waals surface area contributed by atoms with Crippen molar-refractivity contribution >= 4 is 0 Å². The molecule has 0 saturated heterocycles. The summed E-state index contributed by atoms with van der Waals surface area (Å²) in [6.07, 6.45) is 7.22. The first-order chi connectivity index (χ1) is 6.80. The van der Waals surface area contributed by atoms with Crippen LogP contribution >= 0.6 is 0 Å². The van der Waals surface area contributed by atoms with Crippen molar-refractivity contribution in [2.45, 2.75) is 44.7 Å². The van der Waals surface area contributed by atoms with Crippen LogP contribution in [0.3, 0.4) is 0 Å². The minimum Gasteiger partial charge on any atom is -0.328 e. The van der Waals surface area contributed by atoms with Crippen molar-refractivity contribution in [1.82, 2.24) is 14.9 Å². The van der Waals surface area contributed by atoms with Gasteiger partial charge in [0.05, 0.1) is 12.0 Å². The predicted octanol–water partition coefficient (Wildman–Crippen LogP) is 1.43. The lowest BCUT2D eigenvalue weighted by Gasteiger charge is -2.41. The number of aromatic nitrogens is 2. The van der Waals surface area contributed by atoms with Gasteiger partial charge in [-0.3, -0.25) is 0 Å². The number of nitrogens with one attached hydrogen (secondary N) is 1. The monoisotopic (exact) mass is 191 g/mol. The van der Waals surface area contributed by atoms with E-state index in [0.717, 1.165) is 19.5 Å². The highest BCUT2D eigenvalue weighted by molar-refractivity contribution is 5.19. The number of nitrogens with zero attached hydrogens (tertiary/aromatic N) is 2. The third kappa shape index (κ3) is 1.05. The molecule has 1 aliphatic carbocycles. The maximum Gasteiger partial charge on any atom is 0.0957 e. The molecule has 1 aromatic rings. The number of hydrogen-bond acceptors (Lipinski definition) is 2. The highest BCUT2D eigenvalue weighted by Gasteiger charge is 2.35. The van der Waals surface area contributed by atoms with E-state index >= 15 is 0 Å². The van der Waals surface area contributed by atoms with E-state index in [1.807, 2.05) is 0 Å². The zero-order chi connectivity index (χ0) is 9.60. The molecule has 0 bridgehead atoms. The highest BCUT2D eigenvalue weighted by Crippen LogP contribution is 2.40. The van der Waals surface area contributed by atoms with Crippen molar-refractivity contribution in [3.05, 3.63) is 17.7 Å². The first-order valence-corrected chi connectivity index (χ1v) is 5.56. The van der Waals surface area contributed by atoms with Crippen LogP contribution in [0.15, 0.2) is 6.33 Å². The van der Waals surface area contributed by atoms with Crippen LogP contribution < -0.4 is 5.32 Å². The topological polar surface area (TPSA) is 29.9 Å². The van der Waals surface area contributed by atoms with Crippen LogP contribution in [0.1, 0.15) is 37.6 Å². The number of imidazole rings is 1. The van der Waals surface area contributed by atoms with Gasteiger partial charge in [-0.25, -0.2) is 4.98 Å². The minimum absolute atomic E-state index is 0.387. The summed E-state index contributed by atoms with van der Waals surface area (Å²) in [5, 5.41) is 3.37. The molecule has 1 fully saturated rings. The summed E-state index contributed by atoms with van der Waals surface area (Å²) in [5.41, 5.74) is 3.13. The summed E-state index contributed by atoms with van der Waals surface area (Å²) in [4.78, 5) is 4.51. The fourth-order valence-electron chi connectivity index (χ4n) is 2.63. The van der Waals surface area contributed by atoms with Crippen LogP contribution in [0.2, 0.25) is 0 Å². The Morgan fingerprint density at radius 1 is 1.50 bits per heavy atom. The molecule has 1 N–H and O–H groups in total. The Hall–Kier alpha value is -0.830. The normalized spacial score (nSPS) is 24.1. The highest BCUT2D eigenvalue weighted by atomic mass is 15.1. The van der Waals surface area contributed by atoms with Crippen LogP contribution in [0.4, 0.5) is 0 Å². The first kappa shape index (κ1) is 8.48. The molecule has 0 amide bonds. The van der Waals surface area contributed by atoms with Gasteiger partial charge < -0.3 is 9.88 Å². The predicted molar refractivity (Wildman–Crippen MR) is 55.1 cm³/mol. The molecule has 3 rings (SSSR count). The molecule has 0 radical (unpaired) electrons. The van der Waals surface area contributed by atoms with Gasteiger partial charge in [-0.15, -0.1) is 0 Å². The van der Waals surface area contributed by atoms with Gasteiger partial charge in [0.15, 0.2) is 0 Å². The summed E-state index contributed by atoms with van der Waals surface area (Å²) in [5.74, 6) is 0. The van der Waals surface area contributed by atoms with Gasteiger partial charge in [-0.2, -0.15) is 0 Å². The van der Waals surface area contributed by atoms with Gasteiger partial charge in [-0.1, -0.05) is 0 Å². The summed E-state index contributed by atoms with van der Waals surface area (Å²) >= 11 is 0. The Morgan fingerprint density at radius 3 is 3.07 bits per heavy atom. The zero-order valence-corrected chi connectivity index (χ0v) is 8.71. The molecule has 1 saturated carbocycles. The van der Waals surface area contributed by atoms with Crippen LogP contribution in [-0.4, -0.2) is 16.1 Å². The van der Waals surface area contributed by atoms with E-state index in [9.17, 15) is 0 Å². The van der Waals surface area contributed by atoms with Crippen LogP contribution in [0.5, 0.6) is 0 Å². The standard InChI is InChI=1S/C11H17N3/c1-11(4-2-5-11)14-8-13-9-7-12-6-3-10(9)14/h8,12H,2-7H2,1H3. The third-order valence-electron chi connectivity index (χ3n) is 3.80. The van der Waals surface area contributed by atoms with E-state index < -0.39 is 0 Å². The minimum atomic E-state index is 0.387. The molecule has 0 aromatic carbocycles. The largest absolute Gasteiger partial charge is 0.328 e. The lowest BCUT2D eigenvalue weighted by atomic mass is 9.78. The molecule has 0 unspecified atom stereocenters. The van der Waals surface area contributed by atoms with E-state index in [-0.39, 0.29) is 0 Å². The Bertz CT molecular complexity index is 349. The average molecular weight is 191 g/mol. The van der Waals surface area contributed by atoms with Crippen LogP contribution in [0.25, 0.3) is 0 Å². The fraction of sp³-hybridized carbons (Fsp3) is 0.727. The maximum absolute atomic E-state index is 4.51. The number of hydrogen-bond donors (Lipinski definition) is 1. The molecule has 0 atom stereocenters. The van der Waals surface area contributed by atoms with Crippen molar-refractivity contribution in [3.63, 3.8) is 0 Å². The lowest BCUT2D eigenvalue weighted by Crippen LogP contribution is -2.39. The van der Waals surface area contributed by atoms with E-state index in [4.69, 9.17) is 0 Å². The van der Waals surface area contributed by atoms with Gasteiger partial charge in [-0.05, 0) is 26.2 Å². The maximum atomic E-state index is 4.51. The van der Waals surface area contributed by atoms with Crippen molar-refractivity contribution in [3.8, 4) is 0 Å². The third-order valence-corrected chi connectivity index (χ3v) is 3.80. The molecule has 2 heterocycles. The fourth-order valence-corrected chi connectivity index (χ4v) is 2.63. The van der Waals surface area contributed by atoms with Crippen LogP contribution in [-0.2, 0) is 18.5 Å². The Labute approximate surface area is 84.5 Å². The molecule has 0 spiro atoms. The van der Waals surface area contributed by atoms with Crippen molar-refractivity contribution in [1.29, 1.82) is 0 Å². The Morgan fingerprint density at radius 2 is 2.36 bits per heavy atom. The van der Waals surface area contributed by atoms with Crippen molar-refractivity contribution in [2.75, 3.05) is 6.54 Å². The van der Waals surface area contributed by atoms with Gasteiger partial charge in [0.1, 0.15) is 0 Å². The molecule has 3 heteroatoms. The van der Waals surface area contributed by atoms with Crippen molar-refractivity contribution < 1.29 is 0 Å². The SMILES string of the molecule is CC1(n2cnc3c2CCNC3)CCC1. The van der Waals surface area contributed by atoms with E-state index in [1.54, 1.807) is 0 Å². The lowest BCUT2D eigenvalue weighted by molar-refractivity contribution is 0.163. The Balaban J connectivity index is 2.01. The first-order valence-electron chi connectivity index (χ1n) is 5.56. The second-order valence-electron chi connectivity index (χ2n) is 4.79. The van der Waals surface area contributed by atoms with Gasteiger partial charge in [0.2, 0.25) is 0 Å². The molecule has 1 aliphatic heterocycles. The molecular weight excluding hydrogens is 174 g/mol. The van der Waals surface area contributed by atoms with E-state index in [1.165, 1.54) is 30.7 Å². The zero-order valence-electron chi connectivity index (χ0n) is 8.71. The molecule has 3 nitrogen and oxygen atoms in total. The van der Waals surface area contributed by atoms with Crippen LogP contribution in [0, 0.1) is 0 Å². The van der Waals surface area contributed by atoms with E-state index in [2.05, 4.69) is 28.1 Å². The molecule has 2 aliphatic rings. The Kier molecular flexibility index (Phi) is 1.71. The molecule has 14 heavy (non-hydrogen) atoms. The molecule has 1 aromatic heterocycles. The summed E-state index contributed by atoms with van der Waals surface area (Å²) in [6.45, 7) is 4.42. The average Bonchev–Trinajstić information content (AvgIpc) is 2.58. The quantitative estimate of drug-likeness (QED) is 0.727. The second-order valence-corrected chi connectivity index (χ2v) is 4.79. The van der Waals surface area contributed by atoms with Gasteiger partial charge in [0.25, 0.3) is 0 Å². The van der Waals surface area contributed by atoms with E-state index in [0.29, 0.717) is 5.54 Å². The van der Waals surface area contributed by atoms with Gasteiger partial charge >= 0.3 is 0 Å². The van der Waals surface area contributed by atoms with Crippen molar-refractivity contribution in [2.24, 2.45) is 0 Å². The number of rotatable bonds is 1. The number of fused-ring (bicyclic) bond motifs is 1.